The lowest BCUT2D eigenvalue weighted by Gasteiger charge is -2.19. The Bertz CT molecular complexity index is 734. The molecule has 8 nitrogen and oxygen atoms in total. The molecule has 0 spiro atoms. The number of hydrogen-bond donors (Lipinski definition) is 1. The standard InChI is InChI=1S/C14H13F2N5O3/c1-2-20(14-17-6-9(7-18-14)21(23)24)8-12(22)19-13-10(15)4-3-5-11(13)16/h3-7H,2,8H2,1H3,(H,19,22). The van der Waals surface area contributed by atoms with Crippen molar-refractivity contribution in [3.63, 3.8) is 0 Å². The van der Waals surface area contributed by atoms with Crippen LogP contribution in [0, 0.1) is 21.7 Å². The van der Waals surface area contributed by atoms with Gasteiger partial charge in [0.15, 0.2) is 0 Å². The van der Waals surface area contributed by atoms with Gasteiger partial charge >= 0.3 is 5.69 Å². The number of anilines is 2. The number of nitrogens with one attached hydrogen (secondary N) is 1. The summed E-state index contributed by atoms with van der Waals surface area (Å²) < 4.78 is 27.0. The van der Waals surface area contributed by atoms with E-state index in [1.807, 2.05) is 0 Å². The van der Waals surface area contributed by atoms with Gasteiger partial charge in [0.25, 0.3) is 0 Å². The molecule has 10 heteroatoms. The quantitative estimate of drug-likeness (QED) is 0.640. The summed E-state index contributed by atoms with van der Waals surface area (Å²) in [5.41, 5.74) is -0.823. The van der Waals surface area contributed by atoms with E-state index in [1.165, 1.54) is 11.0 Å². The third-order valence-corrected chi connectivity index (χ3v) is 3.06. The fourth-order valence-electron chi connectivity index (χ4n) is 1.87. The van der Waals surface area contributed by atoms with E-state index in [9.17, 15) is 23.7 Å². The van der Waals surface area contributed by atoms with Crippen LogP contribution in [-0.2, 0) is 4.79 Å². The minimum absolute atomic E-state index is 0.0901. The number of nitrogens with zero attached hydrogens (tertiary/aromatic N) is 4. The number of carbonyl (C=O) groups excluding carboxylic acids is 1. The maximum absolute atomic E-state index is 13.5. The smallest absolute Gasteiger partial charge is 0.305 e. The molecule has 1 aromatic carbocycles. The summed E-state index contributed by atoms with van der Waals surface area (Å²) >= 11 is 0. The normalized spacial score (nSPS) is 10.3. The van der Waals surface area contributed by atoms with E-state index in [0.717, 1.165) is 24.5 Å². The fourth-order valence-corrected chi connectivity index (χ4v) is 1.87. The number of nitro groups is 1. The van der Waals surface area contributed by atoms with Crippen molar-refractivity contribution in [1.29, 1.82) is 0 Å². The molecule has 0 unspecified atom stereocenters. The molecule has 0 saturated carbocycles. The highest BCUT2D eigenvalue weighted by Gasteiger charge is 2.17. The minimum atomic E-state index is -0.891. The molecular weight excluding hydrogens is 324 g/mol. The highest BCUT2D eigenvalue weighted by atomic mass is 19.1. The minimum Gasteiger partial charge on any atom is -0.332 e. The number of carbonyl (C=O) groups is 1. The molecule has 0 atom stereocenters. The molecule has 24 heavy (non-hydrogen) atoms. The zero-order valence-corrected chi connectivity index (χ0v) is 12.6. The van der Waals surface area contributed by atoms with Crippen LogP contribution >= 0.6 is 0 Å². The molecule has 0 radical (unpaired) electrons. The van der Waals surface area contributed by atoms with Gasteiger partial charge < -0.3 is 10.2 Å². The second kappa shape index (κ2) is 7.40. The predicted molar refractivity (Wildman–Crippen MR) is 81.6 cm³/mol. The van der Waals surface area contributed by atoms with Crippen LogP contribution < -0.4 is 10.2 Å². The SMILES string of the molecule is CCN(CC(=O)Nc1c(F)cccc1F)c1ncc([N+](=O)[O-])cn1. The Morgan fingerprint density at radius 2 is 1.88 bits per heavy atom. The highest BCUT2D eigenvalue weighted by molar-refractivity contribution is 5.94. The van der Waals surface area contributed by atoms with Crippen molar-refractivity contribution in [3.05, 3.63) is 52.3 Å². The van der Waals surface area contributed by atoms with Gasteiger partial charge in [-0.15, -0.1) is 0 Å². The summed E-state index contributed by atoms with van der Waals surface area (Å²) in [5.74, 6) is -2.37. The van der Waals surface area contributed by atoms with Gasteiger partial charge in [0.2, 0.25) is 11.9 Å². The highest BCUT2D eigenvalue weighted by Crippen LogP contribution is 2.18. The summed E-state index contributed by atoms with van der Waals surface area (Å²) in [5, 5.41) is 12.7. The van der Waals surface area contributed by atoms with Gasteiger partial charge in [-0.1, -0.05) is 6.07 Å². The monoisotopic (exact) mass is 337 g/mol. The molecule has 1 N–H and O–H groups in total. The van der Waals surface area contributed by atoms with Crippen LogP contribution in [0.5, 0.6) is 0 Å². The molecule has 0 aliphatic rings. The lowest BCUT2D eigenvalue weighted by atomic mass is 10.3. The van der Waals surface area contributed by atoms with E-state index < -0.39 is 28.2 Å². The molecule has 2 rings (SSSR count). The predicted octanol–water partition coefficient (Wildman–Crippen LogP) is 2.13. The van der Waals surface area contributed by atoms with E-state index in [2.05, 4.69) is 15.3 Å². The average Bonchev–Trinajstić information content (AvgIpc) is 2.56. The Kier molecular flexibility index (Phi) is 5.30. The number of halogens is 2. The summed E-state index contributed by atoms with van der Waals surface area (Å²) in [7, 11) is 0. The first-order chi connectivity index (χ1) is 11.4. The first-order valence-corrected chi connectivity index (χ1v) is 6.87. The van der Waals surface area contributed by atoms with Crippen molar-refractivity contribution < 1.29 is 18.5 Å². The van der Waals surface area contributed by atoms with Crippen molar-refractivity contribution in [1.82, 2.24) is 9.97 Å². The molecule has 2 aromatic rings. The second-order valence-corrected chi connectivity index (χ2v) is 4.66. The molecular formula is C14H13F2N5O3. The van der Waals surface area contributed by atoms with Crippen LogP contribution in [-0.4, -0.2) is 33.9 Å². The molecule has 0 aliphatic carbocycles. The largest absolute Gasteiger partial charge is 0.332 e. The molecule has 0 saturated heterocycles. The van der Waals surface area contributed by atoms with E-state index >= 15 is 0 Å². The summed E-state index contributed by atoms with van der Waals surface area (Å²) in [6.07, 6.45) is 2.03. The second-order valence-electron chi connectivity index (χ2n) is 4.66. The third-order valence-electron chi connectivity index (χ3n) is 3.06. The fraction of sp³-hybridized carbons (Fsp3) is 0.214. The first kappa shape index (κ1) is 17.2. The third kappa shape index (κ3) is 3.97. The lowest BCUT2D eigenvalue weighted by molar-refractivity contribution is -0.385. The number of para-hydroxylation sites is 1. The Balaban J connectivity index is 2.09. The Labute approximate surface area is 135 Å². The summed E-state index contributed by atoms with van der Waals surface area (Å²) in [6.45, 7) is 1.74. The van der Waals surface area contributed by atoms with Crippen LogP contribution in [0.15, 0.2) is 30.6 Å². The van der Waals surface area contributed by atoms with Gasteiger partial charge in [-0.3, -0.25) is 14.9 Å². The van der Waals surface area contributed by atoms with Crippen molar-refractivity contribution in [2.45, 2.75) is 6.92 Å². The van der Waals surface area contributed by atoms with Crippen LogP contribution in [0.25, 0.3) is 0 Å². The number of rotatable bonds is 6. The number of benzene rings is 1. The van der Waals surface area contributed by atoms with E-state index in [0.29, 0.717) is 6.54 Å². The van der Waals surface area contributed by atoms with Gasteiger partial charge in [0.1, 0.15) is 36.3 Å². The van der Waals surface area contributed by atoms with Crippen molar-refractivity contribution in [3.8, 4) is 0 Å². The Hall–Kier alpha value is -3.17. The van der Waals surface area contributed by atoms with Crippen molar-refractivity contribution in [2.24, 2.45) is 0 Å². The van der Waals surface area contributed by atoms with Gasteiger partial charge in [0, 0.05) is 6.54 Å². The van der Waals surface area contributed by atoms with Gasteiger partial charge in [-0.2, -0.15) is 0 Å². The lowest BCUT2D eigenvalue weighted by Crippen LogP contribution is -2.34. The topological polar surface area (TPSA) is 101 Å². The van der Waals surface area contributed by atoms with E-state index in [4.69, 9.17) is 0 Å². The zero-order valence-electron chi connectivity index (χ0n) is 12.6. The summed E-state index contributed by atoms with van der Waals surface area (Å²) in [4.78, 5) is 30.9. The summed E-state index contributed by atoms with van der Waals surface area (Å²) in [6, 6.07) is 3.23. The Morgan fingerprint density at radius 3 is 2.38 bits per heavy atom. The van der Waals surface area contributed by atoms with Gasteiger partial charge in [0.05, 0.1) is 4.92 Å². The molecule has 1 aromatic heterocycles. The molecule has 126 valence electrons. The number of hydrogen-bond acceptors (Lipinski definition) is 6. The number of aromatic nitrogens is 2. The van der Waals surface area contributed by atoms with Crippen LogP contribution in [0.4, 0.5) is 26.1 Å². The first-order valence-electron chi connectivity index (χ1n) is 6.87. The maximum Gasteiger partial charge on any atom is 0.305 e. The molecule has 0 fully saturated rings. The molecule has 0 bridgehead atoms. The van der Waals surface area contributed by atoms with Crippen molar-refractivity contribution >= 4 is 23.2 Å². The molecule has 1 heterocycles. The zero-order chi connectivity index (χ0) is 17.7. The van der Waals surface area contributed by atoms with Crippen molar-refractivity contribution in [2.75, 3.05) is 23.3 Å². The van der Waals surface area contributed by atoms with Crippen LogP contribution in [0.3, 0.4) is 0 Å². The van der Waals surface area contributed by atoms with Gasteiger partial charge in [-0.25, -0.2) is 18.7 Å². The molecule has 1 amide bonds. The maximum atomic E-state index is 13.5. The number of amides is 1. The molecule has 0 aliphatic heterocycles. The van der Waals surface area contributed by atoms with E-state index in [1.54, 1.807) is 6.92 Å². The van der Waals surface area contributed by atoms with E-state index in [-0.39, 0.29) is 18.2 Å². The average molecular weight is 337 g/mol. The van der Waals surface area contributed by atoms with Crippen LogP contribution in [0.2, 0.25) is 0 Å². The number of likely N-dealkylation sites (N-methyl/N-ethyl adjacent to an activating group) is 1. The Morgan fingerprint density at radius 1 is 1.29 bits per heavy atom. The van der Waals surface area contributed by atoms with Crippen LogP contribution in [0.1, 0.15) is 6.92 Å². The van der Waals surface area contributed by atoms with Gasteiger partial charge in [-0.05, 0) is 19.1 Å².